The number of aliphatic hydroxyl groups excluding tert-OH is 1. The van der Waals surface area contributed by atoms with Crippen LogP contribution in [0.5, 0.6) is 0 Å². The van der Waals surface area contributed by atoms with Crippen LogP contribution in [0.25, 0.3) is 17.0 Å². The highest BCUT2D eigenvalue weighted by Crippen LogP contribution is 2.18. The summed E-state index contributed by atoms with van der Waals surface area (Å²) in [6.45, 7) is 1.37. The third-order valence-electron chi connectivity index (χ3n) is 3.08. The third kappa shape index (κ3) is 5.98. The number of nitrogens with zero attached hydrogens (tertiary/aromatic N) is 1. The minimum absolute atomic E-state index is 0.0130. The Labute approximate surface area is 139 Å². The number of benzene rings is 1. The van der Waals surface area contributed by atoms with Crippen molar-refractivity contribution in [1.82, 2.24) is 10.3 Å². The molecule has 1 aromatic heterocycles. The van der Waals surface area contributed by atoms with Gasteiger partial charge in [-0.1, -0.05) is 23.7 Å². The summed E-state index contributed by atoms with van der Waals surface area (Å²) in [6.07, 6.45) is 3.82. The second kappa shape index (κ2) is 9.25. The lowest BCUT2D eigenvalue weighted by Crippen LogP contribution is -2.23. The molecule has 5 nitrogen and oxygen atoms in total. The predicted molar refractivity (Wildman–Crippen MR) is 91.3 cm³/mol. The van der Waals surface area contributed by atoms with Gasteiger partial charge in [-0.3, -0.25) is 4.79 Å². The number of hydrogen-bond donors (Lipinski definition) is 2. The van der Waals surface area contributed by atoms with Gasteiger partial charge in [-0.25, -0.2) is 4.98 Å². The third-order valence-corrected chi connectivity index (χ3v) is 3.32. The Morgan fingerprint density at radius 3 is 2.96 bits per heavy atom. The number of pyridine rings is 1. The Hall–Kier alpha value is -1.95. The van der Waals surface area contributed by atoms with Crippen molar-refractivity contribution in [1.29, 1.82) is 0 Å². The lowest BCUT2D eigenvalue weighted by molar-refractivity contribution is -0.116. The highest BCUT2D eigenvalue weighted by atomic mass is 35.5. The first-order valence-electron chi connectivity index (χ1n) is 7.40. The van der Waals surface area contributed by atoms with Crippen LogP contribution < -0.4 is 5.32 Å². The number of aliphatic hydroxyl groups is 1. The maximum atomic E-state index is 11.7. The molecule has 0 saturated heterocycles. The summed E-state index contributed by atoms with van der Waals surface area (Å²) >= 11 is 5.95. The lowest BCUT2D eigenvalue weighted by Gasteiger charge is -2.03. The van der Waals surface area contributed by atoms with Crippen molar-refractivity contribution in [3.63, 3.8) is 0 Å². The largest absolute Gasteiger partial charge is 0.394 e. The number of rotatable bonds is 8. The number of fused-ring (bicyclic) bond motifs is 1. The average Bonchev–Trinajstić information content (AvgIpc) is 2.55. The number of nitrogens with one attached hydrogen (secondary N) is 1. The van der Waals surface area contributed by atoms with Crippen LogP contribution >= 0.6 is 11.6 Å². The molecule has 0 aliphatic rings. The fourth-order valence-electron chi connectivity index (χ4n) is 1.97. The zero-order chi connectivity index (χ0) is 16.5. The molecule has 0 saturated carbocycles. The molecule has 1 aromatic carbocycles. The summed E-state index contributed by atoms with van der Waals surface area (Å²) in [5.74, 6) is -0.180. The first-order chi connectivity index (χ1) is 11.2. The molecular formula is C17H19ClN2O3. The number of halogens is 1. The number of aromatic nitrogens is 1. The number of carbonyl (C=O) groups is 1. The van der Waals surface area contributed by atoms with Crippen LogP contribution in [0, 0.1) is 0 Å². The van der Waals surface area contributed by atoms with Crippen molar-refractivity contribution < 1.29 is 14.6 Å². The van der Waals surface area contributed by atoms with E-state index in [2.05, 4.69) is 10.3 Å². The maximum absolute atomic E-state index is 11.7. The van der Waals surface area contributed by atoms with Gasteiger partial charge in [-0.2, -0.15) is 0 Å². The number of ether oxygens (including phenoxy) is 1. The first-order valence-corrected chi connectivity index (χ1v) is 7.77. The van der Waals surface area contributed by atoms with Crippen LogP contribution in [0.3, 0.4) is 0 Å². The van der Waals surface area contributed by atoms with Crippen LogP contribution in [0.2, 0.25) is 5.02 Å². The molecule has 6 heteroatoms. The van der Waals surface area contributed by atoms with Crippen molar-refractivity contribution in [2.75, 3.05) is 26.4 Å². The van der Waals surface area contributed by atoms with Crippen molar-refractivity contribution in [2.24, 2.45) is 0 Å². The minimum atomic E-state index is -0.180. The van der Waals surface area contributed by atoms with Crippen molar-refractivity contribution in [3.05, 3.63) is 47.1 Å². The topological polar surface area (TPSA) is 71.5 Å². The highest BCUT2D eigenvalue weighted by Gasteiger charge is 1.99. The molecule has 1 amide bonds. The molecule has 0 atom stereocenters. The van der Waals surface area contributed by atoms with E-state index in [4.69, 9.17) is 21.4 Å². The SMILES string of the molecule is O=C(/C=C/c1ccc2ccc(Cl)cc2n1)NCCCOCCO. The van der Waals surface area contributed by atoms with Crippen molar-refractivity contribution in [2.45, 2.75) is 6.42 Å². The molecule has 0 spiro atoms. The predicted octanol–water partition coefficient (Wildman–Crippen LogP) is 2.42. The first kappa shape index (κ1) is 17.4. The molecule has 23 heavy (non-hydrogen) atoms. The molecular weight excluding hydrogens is 316 g/mol. The van der Waals surface area contributed by atoms with Gasteiger partial charge in [-0.15, -0.1) is 0 Å². The van der Waals surface area contributed by atoms with E-state index in [0.717, 1.165) is 10.9 Å². The Morgan fingerprint density at radius 2 is 2.13 bits per heavy atom. The Kier molecular flexibility index (Phi) is 7.00. The summed E-state index contributed by atoms with van der Waals surface area (Å²) in [5, 5.41) is 12.9. The van der Waals surface area contributed by atoms with E-state index >= 15 is 0 Å². The van der Waals surface area contributed by atoms with Crippen LogP contribution in [0.15, 0.2) is 36.4 Å². The summed E-state index contributed by atoms with van der Waals surface area (Å²) in [6, 6.07) is 9.31. The van der Waals surface area contributed by atoms with Crippen LogP contribution in [0.1, 0.15) is 12.1 Å². The highest BCUT2D eigenvalue weighted by molar-refractivity contribution is 6.31. The zero-order valence-electron chi connectivity index (χ0n) is 12.7. The molecule has 0 aliphatic carbocycles. The summed E-state index contributed by atoms with van der Waals surface area (Å²) < 4.78 is 5.10. The Morgan fingerprint density at radius 1 is 1.30 bits per heavy atom. The van der Waals surface area contributed by atoms with Gasteiger partial charge in [0.2, 0.25) is 5.91 Å². The Balaban J connectivity index is 1.83. The lowest BCUT2D eigenvalue weighted by atomic mass is 10.2. The summed E-state index contributed by atoms with van der Waals surface area (Å²) in [4.78, 5) is 16.1. The molecule has 1 heterocycles. The van der Waals surface area contributed by atoms with Gasteiger partial charge in [-0.05, 0) is 30.7 Å². The van der Waals surface area contributed by atoms with E-state index in [1.54, 1.807) is 12.1 Å². The molecule has 0 radical (unpaired) electrons. The smallest absolute Gasteiger partial charge is 0.244 e. The van der Waals surface area contributed by atoms with E-state index in [1.165, 1.54) is 6.08 Å². The molecule has 0 fully saturated rings. The molecule has 0 unspecified atom stereocenters. The van der Waals surface area contributed by atoms with Gasteiger partial charge in [0.05, 0.1) is 24.4 Å². The standard InChI is InChI=1S/C17H19ClN2O3/c18-14-4-2-13-3-5-15(20-16(13)12-14)6-7-17(22)19-8-1-10-23-11-9-21/h2-7,12,21H,1,8-11H2,(H,19,22)/b7-6+. The zero-order valence-corrected chi connectivity index (χ0v) is 13.4. The van der Waals surface area contributed by atoms with Gasteiger partial charge in [0, 0.05) is 29.6 Å². The molecule has 0 bridgehead atoms. The monoisotopic (exact) mass is 334 g/mol. The molecule has 122 valence electrons. The van der Waals surface area contributed by atoms with Gasteiger partial charge < -0.3 is 15.2 Å². The van der Waals surface area contributed by atoms with E-state index in [1.807, 2.05) is 24.3 Å². The second-order valence-corrected chi connectivity index (χ2v) is 5.32. The second-order valence-electron chi connectivity index (χ2n) is 4.89. The normalized spacial score (nSPS) is 11.2. The molecule has 2 rings (SSSR count). The van der Waals surface area contributed by atoms with Gasteiger partial charge in [0.15, 0.2) is 0 Å². The van der Waals surface area contributed by atoms with Gasteiger partial charge >= 0.3 is 0 Å². The van der Waals surface area contributed by atoms with Crippen LogP contribution in [-0.2, 0) is 9.53 Å². The maximum Gasteiger partial charge on any atom is 0.244 e. The number of hydrogen-bond acceptors (Lipinski definition) is 4. The number of amides is 1. The van der Waals surface area contributed by atoms with Crippen molar-refractivity contribution in [3.8, 4) is 0 Å². The quantitative estimate of drug-likeness (QED) is 0.574. The average molecular weight is 335 g/mol. The molecule has 2 aromatic rings. The molecule has 0 aliphatic heterocycles. The van der Waals surface area contributed by atoms with Crippen LogP contribution in [0.4, 0.5) is 0 Å². The van der Waals surface area contributed by atoms with E-state index in [-0.39, 0.29) is 12.5 Å². The fraction of sp³-hybridized carbons (Fsp3) is 0.294. The summed E-state index contributed by atoms with van der Waals surface area (Å²) in [5.41, 5.74) is 1.49. The Bertz CT molecular complexity index is 689. The minimum Gasteiger partial charge on any atom is -0.394 e. The van der Waals surface area contributed by atoms with Gasteiger partial charge in [0.25, 0.3) is 0 Å². The van der Waals surface area contributed by atoms with Gasteiger partial charge in [0.1, 0.15) is 0 Å². The van der Waals surface area contributed by atoms with Crippen LogP contribution in [-0.4, -0.2) is 42.4 Å². The van der Waals surface area contributed by atoms with E-state index in [9.17, 15) is 4.79 Å². The number of carbonyl (C=O) groups excluding carboxylic acids is 1. The van der Waals surface area contributed by atoms with E-state index < -0.39 is 0 Å². The fourth-order valence-corrected chi connectivity index (χ4v) is 2.14. The molecule has 2 N–H and O–H groups in total. The van der Waals surface area contributed by atoms with Crippen molar-refractivity contribution >= 4 is 34.5 Å². The summed E-state index contributed by atoms with van der Waals surface area (Å²) in [7, 11) is 0. The van der Waals surface area contributed by atoms with E-state index in [0.29, 0.717) is 36.9 Å².